The molecule has 3 heterocycles. The predicted molar refractivity (Wildman–Crippen MR) is 153 cm³/mol. The van der Waals surface area contributed by atoms with E-state index in [1.807, 2.05) is 59.4 Å². The van der Waals surface area contributed by atoms with Gasteiger partial charge < -0.3 is 19.3 Å². The summed E-state index contributed by atoms with van der Waals surface area (Å²) in [6, 6.07) is 15.6. The number of benzene rings is 2. The highest BCUT2D eigenvalue weighted by Crippen LogP contribution is 2.44. The quantitative estimate of drug-likeness (QED) is 0.271. The molecule has 0 spiro atoms. The van der Waals surface area contributed by atoms with Gasteiger partial charge in [-0.15, -0.1) is 0 Å². The van der Waals surface area contributed by atoms with Crippen LogP contribution in [0.15, 0.2) is 60.9 Å². The molecule has 1 aliphatic heterocycles. The maximum atomic E-state index is 12.1. The molecule has 1 fully saturated rings. The summed E-state index contributed by atoms with van der Waals surface area (Å²) in [6.45, 7) is 1.24. The van der Waals surface area contributed by atoms with E-state index < -0.39 is 6.10 Å². The largest absolute Gasteiger partial charge is 0.497 e. The molecule has 10 heteroatoms. The first-order valence-corrected chi connectivity index (χ1v) is 14.2. The van der Waals surface area contributed by atoms with E-state index in [1.54, 1.807) is 25.1 Å². The minimum absolute atomic E-state index is 0.0311. The summed E-state index contributed by atoms with van der Waals surface area (Å²) in [6.07, 6.45) is 6.14. The average molecular weight is 571 g/mol. The van der Waals surface area contributed by atoms with Gasteiger partial charge >= 0.3 is 0 Å². The van der Waals surface area contributed by atoms with Gasteiger partial charge in [0.25, 0.3) is 0 Å². The molecular formula is C32H34N4O6. The zero-order valence-electron chi connectivity index (χ0n) is 23.7. The van der Waals surface area contributed by atoms with Gasteiger partial charge in [0, 0.05) is 31.7 Å². The number of epoxide rings is 1. The number of hydrogen-bond donors (Lipinski definition) is 1. The highest BCUT2D eigenvalue weighted by molar-refractivity contribution is 5.98. The number of aliphatic hydroxyl groups excluding tert-OH is 1. The molecule has 218 valence electrons. The van der Waals surface area contributed by atoms with Crippen LogP contribution in [-0.2, 0) is 24.2 Å². The van der Waals surface area contributed by atoms with Crippen LogP contribution in [0.1, 0.15) is 75.0 Å². The Morgan fingerprint density at radius 3 is 1.98 bits per heavy atom. The molecule has 2 aliphatic carbocycles. The van der Waals surface area contributed by atoms with Crippen LogP contribution >= 0.6 is 0 Å². The first-order valence-electron chi connectivity index (χ1n) is 14.2. The summed E-state index contributed by atoms with van der Waals surface area (Å²) in [4.78, 5) is 24.1. The lowest BCUT2D eigenvalue weighted by Gasteiger charge is -2.05. The average Bonchev–Trinajstić information content (AvgIpc) is 3.57. The minimum atomic E-state index is -0.473. The van der Waals surface area contributed by atoms with Crippen molar-refractivity contribution in [2.45, 2.75) is 63.5 Å². The van der Waals surface area contributed by atoms with Gasteiger partial charge in [0.15, 0.2) is 11.6 Å². The molecule has 3 unspecified atom stereocenters. The number of nitrogens with zero attached hydrogens (tertiary/aromatic N) is 4. The second kappa shape index (κ2) is 11.9. The van der Waals surface area contributed by atoms with Gasteiger partial charge in [-0.2, -0.15) is 10.2 Å². The number of ketones is 2. The fraction of sp³-hybridized carbons (Fsp3) is 0.375. The van der Waals surface area contributed by atoms with E-state index in [1.165, 1.54) is 0 Å². The normalized spacial score (nSPS) is 20.7. The number of hydrogen-bond acceptors (Lipinski definition) is 8. The number of Topliss-reactive ketones (excluding diaryl/α,β-unsaturated/α-hetero) is 2. The van der Waals surface area contributed by atoms with Crippen LogP contribution in [0.3, 0.4) is 0 Å². The molecule has 0 saturated carbocycles. The number of rotatable bonds is 6. The lowest BCUT2D eigenvalue weighted by Crippen LogP contribution is -2.10. The van der Waals surface area contributed by atoms with Crippen molar-refractivity contribution < 1.29 is 28.9 Å². The Morgan fingerprint density at radius 2 is 1.36 bits per heavy atom. The van der Waals surface area contributed by atoms with Crippen LogP contribution in [0.25, 0.3) is 0 Å². The Morgan fingerprint density at radius 1 is 0.810 bits per heavy atom. The molecule has 2 aromatic carbocycles. The number of fused-ring (bicyclic) bond motifs is 4. The molecule has 0 amide bonds. The molecule has 3 atom stereocenters. The Hall–Kier alpha value is -4.28. The summed E-state index contributed by atoms with van der Waals surface area (Å²) in [7, 11) is 3.29. The van der Waals surface area contributed by atoms with Crippen LogP contribution in [0.2, 0.25) is 0 Å². The van der Waals surface area contributed by atoms with E-state index in [0.717, 1.165) is 40.3 Å². The highest BCUT2D eigenvalue weighted by atomic mass is 16.6. The van der Waals surface area contributed by atoms with Gasteiger partial charge in [-0.1, -0.05) is 24.3 Å². The molecule has 3 aliphatic rings. The van der Waals surface area contributed by atoms with Crippen molar-refractivity contribution in [2.24, 2.45) is 0 Å². The molecule has 1 saturated heterocycles. The summed E-state index contributed by atoms with van der Waals surface area (Å²) in [5, 5.41) is 18.8. The number of methoxy groups -OCH3 is 2. The van der Waals surface area contributed by atoms with Crippen molar-refractivity contribution in [2.75, 3.05) is 14.2 Å². The molecule has 42 heavy (non-hydrogen) atoms. The Balaban J connectivity index is 0.000000150. The smallest absolute Gasteiger partial charge is 0.166 e. The molecule has 10 nitrogen and oxygen atoms in total. The van der Waals surface area contributed by atoms with E-state index in [0.29, 0.717) is 50.0 Å². The lowest BCUT2D eigenvalue weighted by molar-refractivity contribution is 0.0953. The number of aromatic nitrogens is 4. The summed E-state index contributed by atoms with van der Waals surface area (Å²) in [5.41, 5.74) is 5.11. The van der Waals surface area contributed by atoms with Crippen molar-refractivity contribution in [3.05, 3.63) is 94.6 Å². The molecule has 0 radical (unpaired) electrons. The van der Waals surface area contributed by atoms with E-state index in [2.05, 4.69) is 10.2 Å². The van der Waals surface area contributed by atoms with Gasteiger partial charge in [0.05, 0.1) is 56.3 Å². The van der Waals surface area contributed by atoms with E-state index >= 15 is 0 Å². The van der Waals surface area contributed by atoms with Gasteiger partial charge in [0.1, 0.15) is 23.3 Å². The maximum absolute atomic E-state index is 12.1. The summed E-state index contributed by atoms with van der Waals surface area (Å²) < 4.78 is 19.5. The van der Waals surface area contributed by atoms with Gasteiger partial charge in [-0.3, -0.25) is 19.0 Å². The Labute approximate surface area is 243 Å². The van der Waals surface area contributed by atoms with Crippen molar-refractivity contribution in [3.8, 4) is 11.5 Å². The standard InChI is InChI=1S/C16H16N2O3.C16H18N2O3/c1-20-11-4-2-10(3-5-11)8-18-9-12-13(19)6-7-14-16(21-14)15(12)17-18;1-21-13-5-2-11(3-6-13)9-18-10-14-15(17-18)8-12(19)4-7-16(14)20/h2-5,9,14,16H,6-8H2,1H3;2-3,5-6,10,12,19H,4,7-9H2,1H3. The van der Waals surface area contributed by atoms with Crippen LogP contribution < -0.4 is 9.47 Å². The topological polar surface area (TPSA) is 121 Å². The number of ether oxygens (including phenoxy) is 3. The summed E-state index contributed by atoms with van der Waals surface area (Å²) in [5.74, 6) is 1.90. The Kier molecular flexibility index (Phi) is 7.90. The van der Waals surface area contributed by atoms with Crippen molar-refractivity contribution in [3.63, 3.8) is 0 Å². The van der Waals surface area contributed by atoms with E-state index in [-0.39, 0.29) is 23.8 Å². The fourth-order valence-electron chi connectivity index (χ4n) is 5.47. The third-order valence-corrected chi connectivity index (χ3v) is 7.88. The van der Waals surface area contributed by atoms with Crippen molar-refractivity contribution in [1.29, 1.82) is 0 Å². The van der Waals surface area contributed by atoms with Gasteiger partial charge in [-0.05, 0) is 48.2 Å². The molecule has 0 bridgehead atoms. The second-order valence-electron chi connectivity index (χ2n) is 10.9. The van der Waals surface area contributed by atoms with Crippen LogP contribution in [0, 0.1) is 0 Å². The number of carbonyl (C=O) groups excluding carboxylic acids is 2. The van der Waals surface area contributed by atoms with Crippen LogP contribution in [0.4, 0.5) is 0 Å². The number of carbonyl (C=O) groups is 2. The molecule has 7 rings (SSSR count). The van der Waals surface area contributed by atoms with E-state index in [9.17, 15) is 14.7 Å². The molecule has 1 N–H and O–H groups in total. The lowest BCUT2D eigenvalue weighted by atomic mass is 10.1. The summed E-state index contributed by atoms with van der Waals surface area (Å²) >= 11 is 0. The van der Waals surface area contributed by atoms with Gasteiger partial charge in [-0.25, -0.2) is 0 Å². The molecular weight excluding hydrogens is 536 g/mol. The van der Waals surface area contributed by atoms with Crippen LogP contribution in [0.5, 0.6) is 11.5 Å². The number of aliphatic hydroxyl groups is 1. The molecule has 2 aromatic heterocycles. The minimum Gasteiger partial charge on any atom is -0.497 e. The predicted octanol–water partition coefficient (Wildman–Crippen LogP) is 4.18. The maximum Gasteiger partial charge on any atom is 0.166 e. The van der Waals surface area contributed by atoms with Crippen molar-refractivity contribution in [1.82, 2.24) is 19.6 Å². The van der Waals surface area contributed by atoms with Crippen LogP contribution in [-0.4, -0.2) is 62.7 Å². The second-order valence-corrected chi connectivity index (χ2v) is 10.9. The third kappa shape index (κ3) is 6.14. The third-order valence-electron chi connectivity index (χ3n) is 7.88. The molecule has 4 aromatic rings. The Bertz CT molecular complexity index is 1570. The van der Waals surface area contributed by atoms with E-state index in [4.69, 9.17) is 14.2 Å². The SMILES string of the molecule is COc1ccc(Cn2cc3c(n2)C2OC2CCC3=O)cc1.COc1ccc(Cn2cc3c(n2)CC(O)CCC3=O)cc1. The zero-order valence-corrected chi connectivity index (χ0v) is 23.7. The zero-order chi connectivity index (χ0) is 29.2. The fourth-order valence-corrected chi connectivity index (χ4v) is 5.47. The van der Waals surface area contributed by atoms with Gasteiger partial charge in [0.2, 0.25) is 0 Å². The monoisotopic (exact) mass is 570 g/mol. The first kappa shape index (κ1) is 27.9. The van der Waals surface area contributed by atoms with Crippen molar-refractivity contribution >= 4 is 11.6 Å². The first-order chi connectivity index (χ1) is 20.4. The highest BCUT2D eigenvalue weighted by Gasteiger charge is 2.46.